The maximum Gasteiger partial charge on any atom is 0.0689 e. The number of hydrogen-bond donors (Lipinski definition) is 1. The van der Waals surface area contributed by atoms with Gasteiger partial charge in [0.15, 0.2) is 0 Å². The van der Waals surface area contributed by atoms with Crippen molar-refractivity contribution in [2.75, 3.05) is 47.4 Å². The van der Waals surface area contributed by atoms with E-state index in [0.717, 1.165) is 26.2 Å². The minimum atomic E-state index is 0.128. The SMILES string of the molecule is C=NN(C)/C(=C(\C)CN(C)CCNC)C1CCC2(CC1)CC(C)(C)CO2. The fraction of sp³-hybridized carbons (Fsp3) is 0.857. The first-order chi connectivity index (χ1) is 12.2. The van der Waals surface area contributed by atoms with E-state index in [1.807, 2.05) is 19.1 Å². The normalized spacial score (nSPS) is 29.1. The summed E-state index contributed by atoms with van der Waals surface area (Å²) in [5.41, 5.74) is 3.23. The summed E-state index contributed by atoms with van der Waals surface area (Å²) in [6.45, 7) is 14.6. The minimum Gasteiger partial charge on any atom is -0.374 e. The largest absolute Gasteiger partial charge is 0.374 e. The quantitative estimate of drug-likeness (QED) is 0.530. The highest BCUT2D eigenvalue weighted by atomic mass is 16.5. The molecule has 0 aromatic heterocycles. The second kappa shape index (κ2) is 8.85. The molecule has 0 aromatic carbocycles. The summed E-state index contributed by atoms with van der Waals surface area (Å²) in [7, 11) is 6.23. The zero-order valence-corrected chi connectivity index (χ0v) is 17.9. The van der Waals surface area contributed by atoms with Crippen LogP contribution in [0.3, 0.4) is 0 Å². The van der Waals surface area contributed by atoms with E-state index in [2.05, 4.69) is 49.9 Å². The summed E-state index contributed by atoms with van der Waals surface area (Å²) >= 11 is 0. The molecule has 26 heavy (non-hydrogen) atoms. The summed E-state index contributed by atoms with van der Waals surface area (Å²) in [5.74, 6) is 0.557. The van der Waals surface area contributed by atoms with Crippen molar-refractivity contribution in [3.8, 4) is 0 Å². The molecule has 2 aliphatic rings. The Kier molecular flexibility index (Phi) is 7.28. The Hall–Kier alpha value is -0.910. The summed E-state index contributed by atoms with van der Waals surface area (Å²) in [6.07, 6.45) is 5.90. The third-order valence-corrected chi connectivity index (χ3v) is 6.10. The van der Waals surface area contributed by atoms with E-state index in [0.29, 0.717) is 11.3 Å². The van der Waals surface area contributed by atoms with E-state index in [-0.39, 0.29) is 5.60 Å². The Bertz CT molecular complexity index is 506. The molecular formula is C21H40N4O. The molecule has 1 heterocycles. The smallest absolute Gasteiger partial charge is 0.0689 e. The summed E-state index contributed by atoms with van der Waals surface area (Å²) < 4.78 is 6.30. The Morgan fingerprint density at radius 3 is 2.42 bits per heavy atom. The highest BCUT2D eigenvalue weighted by molar-refractivity contribution is 5.25. The van der Waals surface area contributed by atoms with Crippen molar-refractivity contribution in [2.24, 2.45) is 16.4 Å². The highest BCUT2D eigenvalue weighted by Gasteiger charge is 2.46. The molecule has 1 aliphatic carbocycles. The topological polar surface area (TPSA) is 40.1 Å². The first-order valence-corrected chi connectivity index (χ1v) is 10.1. The van der Waals surface area contributed by atoms with Gasteiger partial charge in [-0.15, -0.1) is 0 Å². The predicted molar refractivity (Wildman–Crippen MR) is 110 cm³/mol. The molecule has 0 unspecified atom stereocenters. The second-order valence-corrected chi connectivity index (χ2v) is 9.26. The Labute approximate surface area is 160 Å². The zero-order valence-electron chi connectivity index (χ0n) is 17.9. The van der Waals surface area contributed by atoms with Crippen LogP contribution >= 0.6 is 0 Å². The molecular weight excluding hydrogens is 324 g/mol. The zero-order chi connectivity index (χ0) is 19.4. The van der Waals surface area contributed by atoms with Crippen LogP contribution in [0.2, 0.25) is 0 Å². The number of hydrazone groups is 1. The van der Waals surface area contributed by atoms with Gasteiger partial charge in [-0.3, -0.25) is 5.01 Å². The molecule has 1 spiro atoms. The van der Waals surface area contributed by atoms with E-state index >= 15 is 0 Å². The van der Waals surface area contributed by atoms with Gasteiger partial charge < -0.3 is 15.0 Å². The Morgan fingerprint density at radius 2 is 1.92 bits per heavy atom. The summed E-state index contributed by atoms with van der Waals surface area (Å²) in [5, 5.41) is 9.46. The fourth-order valence-corrected chi connectivity index (χ4v) is 4.89. The van der Waals surface area contributed by atoms with E-state index < -0.39 is 0 Å². The fourth-order valence-electron chi connectivity index (χ4n) is 4.89. The molecule has 0 amide bonds. The molecule has 2 rings (SSSR count). The molecule has 0 bridgehead atoms. The number of allylic oxidation sites excluding steroid dienone is 1. The predicted octanol–water partition coefficient (Wildman–Crippen LogP) is 3.33. The van der Waals surface area contributed by atoms with Gasteiger partial charge in [-0.2, -0.15) is 5.10 Å². The van der Waals surface area contributed by atoms with Crippen LogP contribution in [-0.4, -0.2) is 69.6 Å². The van der Waals surface area contributed by atoms with Crippen molar-refractivity contribution < 1.29 is 4.74 Å². The maximum atomic E-state index is 6.30. The van der Waals surface area contributed by atoms with E-state index in [1.165, 1.54) is 43.4 Å². The van der Waals surface area contributed by atoms with Crippen LogP contribution in [0.25, 0.3) is 0 Å². The highest BCUT2D eigenvalue weighted by Crippen LogP contribution is 2.49. The molecule has 150 valence electrons. The number of nitrogens with one attached hydrogen (secondary N) is 1. The lowest BCUT2D eigenvalue weighted by Crippen LogP contribution is -2.37. The van der Waals surface area contributed by atoms with Gasteiger partial charge >= 0.3 is 0 Å². The number of nitrogens with zero attached hydrogens (tertiary/aromatic N) is 3. The van der Waals surface area contributed by atoms with Crippen LogP contribution in [0, 0.1) is 11.3 Å². The number of likely N-dealkylation sites (N-methyl/N-ethyl adjacent to an activating group) is 2. The van der Waals surface area contributed by atoms with Crippen molar-refractivity contribution in [3.05, 3.63) is 11.3 Å². The van der Waals surface area contributed by atoms with Crippen molar-refractivity contribution in [1.29, 1.82) is 0 Å². The van der Waals surface area contributed by atoms with Crippen LogP contribution in [0.4, 0.5) is 0 Å². The van der Waals surface area contributed by atoms with Crippen molar-refractivity contribution in [1.82, 2.24) is 15.2 Å². The molecule has 1 saturated carbocycles. The lowest BCUT2D eigenvalue weighted by molar-refractivity contribution is -0.0344. The van der Waals surface area contributed by atoms with Gasteiger partial charge in [0.05, 0.1) is 12.2 Å². The van der Waals surface area contributed by atoms with Crippen molar-refractivity contribution in [2.45, 2.75) is 58.5 Å². The van der Waals surface area contributed by atoms with Gasteiger partial charge in [0, 0.05) is 45.0 Å². The standard InChI is InChI=1S/C21H40N4O/c1-17(14-24(6)13-12-22-4)19(25(7)23-5)18-8-10-21(11-9-18)15-20(2,3)16-26-21/h18,22H,5,8-16H2,1-4,6-7H3/b19-17+. The van der Waals surface area contributed by atoms with Crippen molar-refractivity contribution in [3.63, 3.8) is 0 Å². The number of rotatable bonds is 8. The van der Waals surface area contributed by atoms with Gasteiger partial charge in [-0.1, -0.05) is 13.8 Å². The second-order valence-electron chi connectivity index (χ2n) is 9.26. The minimum absolute atomic E-state index is 0.128. The summed E-state index contributed by atoms with van der Waals surface area (Å²) in [4.78, 5) is 2.37. The molecule has 2 fully saturated rings. The van der Waals surface area contributed by atoms with Gasteiger partial charge in [0.1, 0.15) is 0 Å². The molecule has 1 saturated heterocycles. The van der Waals surface area contributed by atoms with Gasteiger partial charge in [0.25, 0.3) is 0 Å². The lowest BCUT2D eigenvalue weighted by atomic mass is 9.72. The third kappa shape index (κ3) is 5.30. The monoisotopic (exact) mass is 364 g/mol. The average Bonchev–Trinajstić information content (AvgIpc) is 2.89. The van der Waals surface area contributed by atoms with Crippen molar-refractivity contribution >= 4 is 6.72 Å². The Morgan fingerprint density at radius 1 is 1.27 bits per heavy atom. The van der Waals surface area contributed by atoms with Gasteiger partial charge in [-0.05, 0) is 64.1 Å². The van der Waals surface area contributed by atoms with Gasteiger partial charge in [-0.25, -0.2) is 0 Å². The van der Waals surface area contributed by atoms with E-state index in [4.69, 9.17) is 4.74 Å². The van der Waals surface area contributed by atoms with Crippen LogP contribution in [0.1, 0.15) is 52.9 Å². The maximum absolute atomic E-state index is 6.30. The summed E-state index contributed by atoms with van der Waals surface area (Å²) in [6, 6.07) is 0. The first kappa shape index (κ1) is 21.4. The molecule has 1 aliphatic heterocycles. The average molecular weight is 365 g/mol. The number of ether oxygens (including phenoxy) is 1. The van der Waals surface area contributed by atoms with E-state index in [1.54, 1.807) is 0 Å². The molecule has 0 atom stereocenters. The lowest BCUT2D eigenvalue weighted by Gasteiger charge is -2.39. The molecule has 5 heteroatoms. The van der Waals surface area contributed by atoms with Crippen LogP contribution in [0.15, 0.2) is 16.4 Å². The van der Waals surface area contributed by atoms with E-state index in [9.17, 15) is 0 Å². The molecule has 0 aromatic rings. The molecule has 1 N–H and O–H groups in total. The molecule has 0 radical (unpaired) electrons. The van der Waals surface area contributed by atoms with Crippen LogP contribution < -0.4 is 5.32 Å². The van der Waals surface area contributed by atoms with Crippen LogP contribution in [0.5, 0.6) is 0 Å². The third-order valence-electron chi connectivity index (χ3n) is 6.10. The number of hydrogen-bond acceptors (Lipinski definition) is 5. The first-order valence-electron chi connectivity index (χ1n) is 10.1. The molecule has 5 nitrogen and oxygen atoms in total. The Balaban J connectivity index is 2.06. The van der Waals surface area contributed by atoms with Gasteiger partial charge in [0.2, 0.25) is 0 Å². The van der Waals surface area contributed by atoms with Crippen LogP contribution in [-0.2, 0) is 4.74 Å².